The highest BCUT2D eigenvalue weighted by Crippen LogP contribution is 2.28. The van der Waals surface area contributed by atoms with Crippen LogP contribution in [-0.4, -0.2) is 68.8 Å². The van der Waals surface area contributed by atoms with Gasteiger partial charge in [-0.25, -0.2) is 15.8 Å². The number of aliphatic imine (C=N–C) groups is 1. The Labute approximate surface area is 169 Å². The minimum atomic E-state index is -4.46. The van der Waals surface area contributed by atoms with Crippen molar-refractivity contribution in [2.45, 2.75) is 62.8 Å². The van der Waals surface area contributed by atoms with Crippen molar-refractivity contribution in [3.63, 3.8) is 0 Å². The fourth-order valence-corrected chi connectivity index (χ4v) is 3.20. The molecule has 2 rings (SSSR count). The van der Waals surface area contributed by atoms with E-state index in [1.165, 1.54) is 7.11 Å². The van der Waals surface area contributed by atoms with Crippen molar-refractivity contribution in [1.29, 1.82) is 0 Å². The number of carbonyl (C=O) groups excluding carboxylic acids is 1. The maximum atomic E-state index is 12.8. The van der Waals surface area contributed by atoms with Crippen LogP contribution in [0, 0.1) is 5.92 Å². The number of carbonyl (C=O) groups is 1. The van der Waals surface area contributed by atoms with Gasteiger partial charge in [0.05, 0.1) is 12.5 Å². The zero-order valence-corrected chi connectivity index (χ0v) is 16.5. The first kappa shape index (κ1) is 24.6. The standard InChI is InChI=1S/C16H26F6N6O2/c1-8(7-30-2)24-14(25-12-5-11(27-28-12)16(20,21)22)26-13(29)9-3-4-10(23-6-9)15(17,18)19/h8-12,23,27-28H,3-7H2,1-2H3,(H2,24,25,26,29)/t8-,9?,10?,11?,12?/m0/s1. The average Bonchev–Trinajstić information content (AvgIpc) is 3.10. The zero-order valence-electron chi connectivity index (χ0n) is 16.5. The fourth-order valence-electron chi connectivity index (χ4n) is 3.20. The number of hydrazine groups is 1. The van der Waals surface area contributed by atoms with Crippen LogP contribution < -0.4 is 26.8 Å². The Bertz CT molecular complexity index is 606. The van der Waals surface area contributed by atoms with Crippen LogP contribution in [0.15, 0.2) is 4.99 Å². The SMILES string of the molecule is COC[C@H](C)N/C(=N\C1CC(C(F)(F)F)NN1)NC(=O)C1CCC(C(F)(F)F)NC1. The molecular weight excluding hydrogens is 422 g/mol. The van der Waals surface area contributed by atoms with Gasteiger partial charge in [0.15, 0.2) is 5.96 Å². The van der Waals surface area contributed by atoms with Crippen LogP contribution in [0.5, 0.6) is 0 Å². The van der Waals surface area contributed by atoms with E-state index < -0.39 is 42.4 Å². The predicted molar refractivity (Wildman–Crippen MR) is 95.1 cm³/mol. The third kappa shape index (κ3) is 7.25. The van der Waals surface area contributed by atoms with E-state index in [1.807, 2.05) is 0 Å². The van der Waals surface area contributed by atoms with Crippen LogP contribution in [0.2, 0.25) is 0 Å². The molecule has 8 nitrogen and oxygen atoms in total. The summed E-state index contributed by atoms with van der Waals surface area (Å²) in [5.41, 5.74) is 4.51. The Morgan fingerprint density at radius 3 is 2.30 bits per heavy atom. The highest BCUT2D eigenvalue weighted by atomic mass is 19.4. The summed E-state index contributed by atoms with van der Waals surface area (Å²) in [5, 5.41) is 7.64. The topological polar surface area (TPSA) is 98.8 Å². The van der Waals surface area contributed by atoms with Crippen molar-refractivity contribution in [3.05, 3.63) is 0 Å². The maximum absolute atomic E-state index is 12.8. The third-order valence-electron chi connectivity index (χ3n) is 4.78. The molecule has 2 aliphatic heterocycles. The van der Waals surface area contributed by atoms with Gasteiger partial charge in [-0.3, -0.25) is 10.1 Å². The molecule has 0 aromatic rings. The van der Waals surface area contributed by atoms with E-state index in [-0.39, 0.29) is 44.4 Å². The van der Waals surface area contributed by atoms with E-state index in [1.54, 1.807) is 6.92 Å². The summed E-state index contributed by atoms with van der Waals surface area (Å²) in [6, 6.07) is -3.79. The Morgan fingerprint density at radius 2 is 1.80 bits per heavy atom. The van der Waals surface area contributed by atoms with Gasteiger partial charge >= 0.3 is 12.4 Å². The van der Waals surface area contributed by atoms with E-state index >= 15 is 0 Å². The van der Waals surface area contributed by atoms with Crippen LogP contribution in [0.3, 0.4) is 0 Å². The lowest BCUT2D eigenvalue weighted by Gasteiger charge is -2.30. The van der Waals surface area contributed by atoms with Crippen molar-refractivity contribution in [2.75, 3.05) is 20.3 Å². The van der Waals surface area contributed by atoms with Crippen LogP contribution in [0.1, 0.15) is 26.2 Å². The van der Waals surface area contributed by atoms with Gasteiger partial charge in [-0.15, -0.1) is 0 Å². The van der Waals surface area contributed by atoms with Crippen LogP contribution in [0.4, 0.5) is 26.3 Å². The summed E-state index contributed by atoms with van der Waals surface area (Å²) < 4.78 is 81.6. The quantitative estimate of drug-likeness (QED) is 0.242. The number of rotatable bonds is 5. The van der Waals surface area contributed by atoms with Crippen LogP contribution in [0.25, 0.3) is 0 Å². The van der Waals surface area contributed by atoms with Crippen LogP contribution >= 0.6 is 0 Å². The summed E-state index contributed by atoms with van der Waals surface area (Å²) in [4.78, 5) is 16.6. The first-order valence-electron chi connectivity index (χ1n) is 9.42. The molecule has 5 atom stereocenters. The number of alkyl halides is 6. The molecule has 0 saturated carbocycles. The second kappa shape index (κ2) is 10.1. The Morgan fingerprint density at radius 1 is 1.13 bits per heavy atom. The number of ether oxygens (including phenoxy) is 1. The summed E-state index contributed by atoms with van der Waals surface area (Å²) in [6.45, 7) is 1.77. The summed E-state index contributed by atoms with van der Waals surface area (Å²) in [5.74, 6) is -1.38. The second-order valence-corrected chi connectivity index (χ2v) is 7.38. The smallest absolute Gasteiger partial charge is 0.383 e. The normalized spacial score (nSPS) is 29.5. The second-order valence-electron chi connectivity index (χ2n) is 7.38. The molecule has 0 radical (unpaired) electrons. The molecule has 2 fully saturated rings. The number of amides is 1. The number of halogens is 6. The fraction of sp³-hybridized carbons (Fsp3) is 0.875. The maximum Gasteiger partial charge on any atom is 0.405 e. The number of guanidine groups is 1. The van der Waals surface area contributed by atoms with Crippen molar-refractivity contribution < 1.29 is 35.9 Å². The third-order valence-corrected chi connectivity index (χ3v) is 4.78. The molecule has 0 aromatic heterocycles. The Balaban J connectivity index is 2.00. The van der Waals surface area contributed by atoms with Gasteiger partial charge in [0.1, 0.15) is 18.2 Å². The molecule has 0 aromatic carbocycles. The highest BCUT2D eigenvalue weighted by Gasteiger charge is 2.45. The molecule has 2 saturated heterocycles. The van der Waals surface area contributed by atoms with Gasteiger partial charge in [-0.2, -0.15) is 26.3 Å². The average molecular weight is 448 g/mol. The molecule has 14 heteroatoms. The summed E-state index contributed by atoms with van der Waals surface area (Å²) in [6.07, 6.45) is -10.4. The monoisotopic (exact) mass is 448 g/mol. The minimum Gasteiger partial charge on any atom is -0.383 e. The summed E-state index contributed by atoms with van der Waals surface area (Å²) >= 11 is 0. The molecule has 4 unspecified atom stereocenters. The van der Waals surface area contributed by atoms with Crippen molar-refractivity contribution in [1.82, 2.24) is 26.8 Å². The number of nitrogens with one attached hydrogen (secondary N) is 5. The van der Waals surface area contributed by atoms with Crippen molar-refractivity contribution in [3.8, 4) is 0 Å². The minimum absolute atomic E-state index is 0.0172. The van der Waals surface area contributed by atoms with Gasteiger partial charge < -0.3 is 15.4 Å². The molecule has 2 heterocycles. The highest BCUT2D eigenvalue weighted by molar-refractivity contribution is 5.98. The van der Waals surface area contributed by atoms with Gasteiger partial charge in [0.25, 0.3) is 0 Å². The van der Waals surface area contributed by atoms with E-state index in [9.17, 15) is 31.1 Å². The van der Waals surface area contributed by atoms with Gasteiger partial charge in [-0.05, 0) is 19.8 Å². The number of hydrogen-bond donors (Lipinski definition) is 5. The molecule has 30 heavy (non-hydrogen) atoms. The lowest BCUT2D eigenvalue weighted by Crippen LogP contribution is -2.54. The molecular formula is C16H26F6N6O2. The first-order chi connectivity index (χ1) is 13.9. The van der Waals surface area contributed by atoms with Crippen molar-refractivity contribution >= 4 is 11.9 Å². The molecule has 1 amide bonds. The van der Waals surface area contributed by atoms with Gasteiger partial charge in [0, 0.05) is 26.1 Å². The lowest BCUT2D eigenvalue weighted by molar-refractivity contribution is -0.163. The Hall–Kier alpha value is -1.64. The lowest BCUT2D eigenvalue weighted by atomic mass is 9.94. The number of hydrogen-bond acceptors (Lipinski definition) is 6. The van der Waals surface area contributed by atoms with E-state index in [0.29, 0.717) is 0 Å². The Kier molecular flexibility index (Phi) is 8.30. The zero-order chi connectivity index (χ0) is 22.5. The van der Waals surface area contributed by atoms with Gasteiger partial charge in [0.2, 0.25) is 5.91 Å². The van der Waals surface area contributed by atoms with Gasteiger partial charge in [-0.1, -0.05) is 0 Å². The van der Waals surface area contributed by atoms with Crippen LogP contribution in [-0.2, 0) is 9.53 Å². The largest absolute Gasteiger partial charge is 0.405 e. The van der Waals surface area contributed by atoms with E-state index in [0.717, 1.165) is 0 Å². The molecule has 0 bridgehead atoms. The molecule has 0 aliphatic carbocycles. The predicted octanol–water partition coefficient (Wildman–Crippen LogP) is 0.769. The molecule has 2 aliphatic rings. The number of piperidine rings is 1. The van der Waals surface area contributed by atoms with E-state index in [4.69, 9.17) is 4.74 Å². The van der Waals surface area contributed by atoms with Crippen molar-refractivity contribution in [2.24, 2.45) is 10.9 Å². The first-order valence-corrected chi connectivity index (χ1v) is 9.42. The molecule has 174 valence electrons. The number of nitrogens with zero attached hydrogens (tertiary/aromatic N) is 1. The van der Waals surface area contributed by atoms with E-state index in [2.05, 4.69) is 31.8 Å². The number of methoxy groups -OCH3 is 1. The molecule has 0 spiro atoms. The summed E-state index contributed by atoms with van der Waals surface area (Å²) in [7, 11) is 1.45. The molecule has 5 N–H and O–H groups in total.